The molecule has 0 N–H and O–H groups in total. The lowest BCUT2D eigenvalue weighted by Gasteiger charge is -2.09. The van der Waals surface area contributed by atoms with Gasteiger partial charge in [0.05, 0.1) is 0 Å². The van der Waals surface area contributed by atoms with Crippen molar-refractivity contribution in [1.82, 2.24) is 4.90 Å². The molecule has 0 aromatic rings. The molecule has 0 amide bonds. The Kier molecular flexibility index (Phi) is 6.25. The molecule has 0 spiro atoms. The minimum atomic E-state index is 1.10. The van der Waals surface area contributed by atoms with Crippen LogP contribution in [0.2, 0.25) is 0 Å². The van der Waals surface area contributed by atoms with Crippen molar-refractivity contribution in [2.24, 2.45) is 0 Å². The molecule has 0 aliphatic heterocycles. The molecule has 0 aromatic heterocycles. The van der Waals surface area contributed by atoms with E-state index in [0.29, 0.717) is 0 Å². The van der Waals surface area contributed by atoms with Crippen LogP contribution in [0, 0.1) is 0 Å². The van der Waals surface area contributed by atoms with Gasteiger partial charge in [-0.15, -0.1) is 0 Å². The fourth-order valence-electron chi connectivity index (χ4n) is 0.926. The molecule has 0 aliphatic carbocycles. The molecule has 13 heavy (non-hydrogen) atoms. The Balaban J connectivity index is 3.99. The van der Waals surface area contributed by atoms with Crippen LogP contribution in [0.15, 0.2) is 36.0 Å². The van der Waals surface area contributed by atoms with Gasteiger partial charge in [0.25, 0.3) is 0 Å². The standard InChI is InChI=1S/C12H21N/c1-6-12(8-7-11(2)3)9-10-13(4)5/h6-8H,2,9-10H2,1,3-5H3/b8-7-,12-6+. The first-order valence-electron chi connectivity index (χ1n) is 4.69. The van der Waals surface area contributed by atoms with Gasteiger partial charge in [-0.05, 0) is 34.4 Å². The van der Waals surface area contributed by atoms with E-state index in [1.165, 1.54) is 5.57 Å². The van der Waals surface area contributed by atoms with Crippen LogP contribution in [-0.4, -0.2) is 25.5 Å². The highest BCUT2D eigenvalue weighted by atomic mass is 15.0. The van der Waals surface area contributed by atoms with Crippen LogP contribution >= 0.6 is 0 Å². The Hall–Kier alpha value is -0.820. The highest BCUT2D eigenvalue weighted by Crippen LogP contribution is 2.05. The van der Waals surface area contributed by atoms with Crippen molar-refractivity contribution in [1.29, 1.82) is 0 Å². The summed E-state index contributed by atoms with van der Waals surface area (Å²) in [6.45, 7) is 9.02. The Morgan fingerprint density at radius 2 is 1.92 bits per heavy atom. The zero-order chi connectivity index (χ0) is 10.3. The van der Waals surface area contributed by atoms with Crippen LogP contribution in [-0.2, 0) is 0 Å². The number of hydrogen-bond acceptors (Lipinski definition) is 1. The van der Waals surface area contributed by atoms with Crippen LogP contribution in [0.5, 0.6) is 0 Å². The minimum Gasteiger partial charge on any atom is -0.309 e. The summed E-state index contributed by atoms with van der Waals surface area (Å²) >= 11 is 0. The third kappa shape index (κ3) is 7.54. The van der Waals surface area contributed by atoms with E-state index in [1.54, 1.807) is 0 Å². The topological polar surface area (TPSA) is 3.24 Å². The predicted molar refractivity (Wildman–Crippen MR) is 60.9 cm³/mol. The summed E-state index contributed by atoms with van der Waals surface area (Å²) < 4.78 is 0. The maximum Gasteiger partial charge on any atom is 0.00156 e. The molecule has 0 unspecified atom stereocenters. The molecule has 0 aromatic carbocycles. The van der Waals surface area contributed by atoms with Crippen molar-refractivity contribution < 1.29 is 0 Å². The molecule has 0 fully saturated rings. The first-order chi connectivity index (χ1) is 6.06. The van der Waals surface area contributed by atoms with E-state index in [-0.39, 0.29) is 0 Å². The number of allylic oxidation sites excluding steroid dienone is 4. The normalized spacial score (nSPS) is 12.8. The summed E-state index contributed by atoms with van der Waals surface area (Å²) in [4.78, 5) is 2.19. The summed E-state index contributed by atoms with van der Waals surface area (Å²) in [5.41, 5.74) is 2.47. The van der Waals surface area contributed by atoms with Gasteiger partial charge in [0.1, 0.15) is 0 Å². The average molecular weight is 179 g/mol. The van der Waals surface area contributed by atoms with E-state index in [2.05, 4.69) is 50.7 Å². The minimum absolute atomic E-state index is 1.10. The first-order valence-corrected chi connectivity index (χ1v) is 4.69. The number of hydrogen-bond donors (Lipinski definition) is 0. The van der Waals surface area contributed by atoms with Gasteiger partial charge in [-0.1, -0.05) is 36.0 Å². The molecule has 1 heteroatoms. The fourth-order valence-corrected chi connectivity index (χ4v) is 0.926. The van der Waals surface area contributed by atoms with E-state index < -0.39 is 0 Å². The van der Waals surface area contributed by atoms with E-state index in [1.807, 2.05) is 6.92 Å². The van der Waals surface area contributed by atoms with Crippen molar-refractivity contribution in [3.8, 4) is 0 Å². The second kappa shape index (κ2) is 6.67. The lowest BCUT2D eigenvalue weighted by atomic mass is 10.1. The second-order valence-electron chi connectivity index (χ2n) is 3.60. The summed E-state index contributed by atoms with van der Waals surface area (Å²) in [5.74, 6) is 0. The highest BCUT2D eigenvalue weighted by molar-refractivity contribution is 5.24. The van der Waals surface area contributed by atoms with Gasteiger partial charge in [0.2, 0.25) is 0 Å². The quantitative estimate of drug-likeness (QED) is 0.586. The molecule has 0 saturated heterocycles. The number of rotatable bonds is 5. The van der Waals surface area contributed by atoms with Crippen molar-refractivity contribution in [3.05, 3.63) is 36.0 Å². The maximum absolute atomic E-state index is 3.83. The lowest BCUT2D eigenvalue weighted by molar-refractivity contribution is 0.414. The fraction of sp³-hybridized carbons (Fsp3) is 0.500. The van der Waals surface area contributed by atoms with Gasteiger partial charge in [-0.3, -0.25) is 0 Å². The molecule has 0 rings (SSSR count). The zero-order valence-corrected chi connectivity index (χ0v) is 9.30. The van der Waals surface area contributed by atoms with Crippen LogP contribution in [0.1, 0.15) is 20.3 Å². The smallest absolute Gasteiger partial charge is 0.00156 e. The van der Waals surface area contributed by atoms with E-state index in [0.717, 1.165) is 18.5 Å². The van der Waals surface area contributed by atoms with Crippen molar-refractivity contribution in [2.75, 3.05) is 20.6 Å². The van der Waals surface area contributed by atoms with Gasteiger partial charge in [-0.25, -0.2) is 0 Å². The third-order valence-electron chi connectivity index (χ3n) is 1.80. The Morgan fingerprint density at radius 1 is 1.31 bits per heavy atom. The zero-order valence-electron chi connectivity index (χ0n) is 9.30. The second-order valence-corrected chi connectivity index (χ2v) is 3.60. The van der Waals surface area contributed by atoms with Crippen molar-refractivity contribution in [3.63, 3.8) is 0 Å². The summed E-state index contributed by atoms with van der Waals surface area (Å²) in [6.07, 6.45) is 7.47. The maximum atomic E-state index is 3.83. The summed E-state index contributed by atoms with van der Waals surface area (Å²) in [5, 5.41) is 0. The molecule has 0 aliphatic rings. The SMILES string of the molecule is C=C(C)/C=C\C(=C/C)CCN(C)C. The van der Waals surface area contributed by atoms with E-state index in [9.17, 15) is 0 Å². The van der Waals surface area contributed by atoms with E-state index in [4.69, 9.17) is 0 Å². The van der Waals surface area contributed by atoms with E-state index >= 15 is 0 Å². The molecule has 0 saturated carbocycles. The molecule has 0 atom stereocenters. The van der Waals surface area contributed by atoms with Crippen LogP contribution in [0.25, 0.3) is 0 Å². The van der Waals surface area contributed by atoms with Crippen molar-refractivity contribution in [2.45, 2.75) is 20.3 Å². The van der Waals surface area contributed by atoms with Gasteiger partial charge in [0, 0.05) is 6.54 Å². The van der Waals surface area contributed by atoms with Gasteiger partial charge < -0.3 is 4.90 Å². The lowest BCUT2D eigenvalue weighted by Crippen LogP contribution is -2.13. The Morgan fingerprint density at radius 3 is 2.31 bits per heavy atom. The van der Waals surface area contributed by atoms with Crippen LogP contribution in [0.4, 0.5) is 0 Å². The third-order valence-corrected chi connectivity index (χ3v) is 1.80. The molecule has 0 heterocycles. The first kappa shape index (κ1) is 12.2. The Bertz CT molecular complexity index is 209. The molecule has 0 bridgehead atoms. The summed E-state index contributed by atoms with van der Waals surface area (Å²) in [7, 11) is 4.19. The summed E-state index contributed by atoms with van der Waals surface area (Å²) in [6, 6.07) is 0. The number of nitrogens with zero attached hydrogens (tertiary/aromatic N) is 1. The molecule has 74 valence electrons. The largest absolute Gasteiger partial charge is 0.309 e. The van der Waals surface area contributed by atoms with Gasteiger partial charge in [-0.2, -0.15) is 0 Å². The Labute approximate surface area is 82.4 Å². The molecular weight excluding hydrogens is 158 g/mol. The molecule has 0 radical (unpaired) electrons. The van der Waals surface area contributed by atoms with Gasteiger partial charge in [0.15, 0.2) is 0 Å². The van der Waals surface area contributed by atoms with Crippen LogP contribution in [0.3, 0.4) is 0 Å². The van der Waals surface area contributed by atoms with Gasteiger partial charge >= 0.3 is 0 Å². The molecular formula is C12H21N. The van der Waals surface area contributed by atoms with Crippen LogP contribution < -0.4 is 0 Å². The average Bonchev–Trinajstić information content (AvgIpc) is 2.04. The molecule has 1 nitrogen and oxygen atoms in total. The predicted octanol–water partition coefficient (Wildman–Crippen LogP) is 3.02. The monoisotopic (exact) mass is 179 g/mol. The van der Waals surface area contributed by atoms with Crippen molar-refractivity contribution >= 4 is 0 Å². The highest BCUT2D eigenvalue weighted by Gasteiger charge is 1.93.